The van der Waals surface area contributed by atoms with Crippen LogP contribution >= 0.6 is 0 Å². The molecule has 0 aromatic carbocycles. The van der Waals surface area contributed by atoms with Crippen molar-refractivity contribution in [3.05, 3.63) is 46.7 Å². The van der Waals surface area contributed by atoms with Crippen LogP contribution in [0.4, 0.5) is 0 Å². The van der Waals surface area contributed by atoms with Crippen LogP contribution in [0.25, 0.3) is 0 Å². The highest BCUT2D eigenvalue weighted by molar-refractivity contribution is 6.00. The second-order valence-corrected chi connectivity index (χ2v) is 4.93. The number of aryl methyl sites for hydroxylation is 1. The number of nitrogens with one attached hydrogen (secondary N) is 2. The lowest BCUT2D eigenvalue weighted by atomic mass is 10.1. The molecule has 0 aliphatic rings. The molecule has 2 rings (SSSR count). The Morgan fingerprint density at radius 3 is 2.77 bits per heavy atom. The number of hydrogen-bond donors (Lipinski definition) is 2. The summed E-state index contributed by atoms with van der Waals surface area (Å²) in [6.45, 7) is 5.99. The molecule has 6 nitrogen and oxygen atoms in total. The molecular formula is C16H20N2O4. The zero-order valence-corrected chi connectivity index (χ0v) is 13.0. The normalized spacial score (nSPS) is 10.5. The van der Waals surface area contributed by atoms with Crippen molar-refractivity contribution in [3.8, 4) is 0 Å². The van der Waals surface area contributed by atoms with E-state index in [0.29, 0.717) is 42.1 Å². The SMILES string of the molecule is CCOC(=O)c1c(C)[nH]c(C(=O)NCCc2ccco2)c1C. The van der Waals surface area contributed by atoms with E-state index < -0.39 is 5.97 Å². The minimum Gasteiger partial charge on any atom is -0.469 e. The van der Waals surface area contributed by atoms with Crippen LogP contribution < -0.4 is 5.32 Å². The van der Waals surface area contributed by atoms with Gasteiger partial charge in [-0.2, -0.15) is 0 Å². The minimum absolute atomic E-state index is 0.247. The molecule has 2 N–H and O–H groups in total. The van der Waals surface area contributed by atoms with Crippen molar-refractivity contribution in [2.75, 3.05) is 13.2 Å². The van der Waals surface area contributed by atoms with Crippen LogP contribution in [-0.2, 0) is 11.2 Å². The van der Waals surface area contributed by atoms with Crippen LogP contribution in [0.2, 0.25) is 0 Å². The maximum absolute atomic E-state index is 12.2. The number of amides is 1. The van der Waals surface area contributed by atoms with Gasteiger partial charge in [0.05, 0.1) is 18.4 Å². The lowest BCUT2D eigenvalue weighted by molar-refractivity contribution is 0.0525. The molecule has 0 aliphatic heterocycles. The Bertz CT molecular complexity index is 656. The van der Waals surface area contributed by atoms with Crippen LogP contribution in [0.1, 0.15) is 44.8 Å². The van der Waals surface area contributed by atoms with Crippen molar-refractivity contribution in [1.82, 2.24) is 10.3 Å². The van der Waals surface area contributed by atoms with Gasteiger partial charge in [-0.25, -0.2) is 4.79 Å². The zero-order valence-electron chi connectivity index (χ0n) is 13.0. The van der Waals surface area contributed by atoms with Gasteiger partial charge in [-0.3, -0.25) is 4.79 Å². The summed E-state index contributed by atoms with van der Waals surface area (Å²) < 4.78 is 10.2. The van der Waals surface area contributed by atoms with Crippen molar-refractivity contribution in [2.45, 2.75) is 27.2 Å². The Labute approximate surface area is 128 Å². The summed E-state index contributed by atoms with van der Waals surface area (Å²) in [5.74, 6) is 0.151. The van der Waals surface area contributed by atoms with Gasteiger partial charge >= 0.3 is 5.97 Å². The van der Waals surface area contributed by atoms with Gasteiger partial charge < -0.3 is 19.5 Å². The third-order valence-electron chi connectivity index (χ3n) is 3.38. The number of hydrogen-bond acceptors (Lipinski definition) is 4. The fourth-order valence-electron chi connectivity index (χ4n) is 2.33. The lowest BCUT2D eigenvalue weighted by Crippen LogP contribution is -2.26. The Morgan fingerprint density at radius 2 is 2.14 bits per heavy atom. The molecule has 0 bridgehead atoms. The summed E-state index contributed by atoms with van der Waals surface area (Å²) in [5.41, 5.74) is 2.05. The molecule has 118 valence electrons. The molecule has 22 heavy (non-hydrogen) atoms. The second kappa shape index (κ2) is 6.98. The summed E-state index contributed by atoms with van der Waals surface area (Å²) in [6.07, 6.45) is 2.21. The third-order valence-corrected chi connectivity index (χ3v) is 3.38. The minimum atomic E-state index is -0.414. The van der Waals surface area contributed by atoms with Gasteiger partial charge in [0.25, 0.3) is 5.91 Å². The molecule has 2 aromatic heterocycles. The van der Waals surface area contributed by atoms with E-state index in [1.54, 1.807) is 33.1 Å². The van der Waals surface area contributed by atoms with Gasteiger partial charge in [0.2, 0.25) is 0 Å². The maximum Gasteiger partial charge on any atom is 0.340 e. The van der Waals surface area contributed by atoms with Crippen molar-refractivity contribution in [3.63, 3.8) is 0 Å². The van der Waals surface area contributed by atoms with E-state index in [4.69, 9.17) is 9.15 Å². The molecule has 0 radical (unpaired) electrons. The van der Waals surface area contributed by atoms with E-state index in [1.165, 1.54) is 0 Å². The number of aromatic nitrogens is 1. The predicted octanol–water partition coefficient (Wildman–Crippen LogP) is 2.37. The molecule has 0 unspecified atom stereocenters. The van der Waals surface area contributed by atoms with E-state index in [0.717, 1.165) is 5.76 Å². The first-order valence-corrected chi connectivity index (χ1v) is 7.21. The first kappa shape index (κ1) is 15.9. The standard InChI is InChI=1S/C16H20N2O4/c1-4-21-16(20)13-10(2)14(18-11(13)3)15(19)17-8-7-12-6-5-9-22-12/h5-6,9,18H,4,7-8H2,1-3H3,(H,17,19). The van der Waals surface area contributed by atoms with Gasteiger partial charge in [-0.1, -0.05) is 0 Å². The second-order valence-electron chi connectivity index (χ2n) is 4.93. The van der Waals surface area contributed by atoms with Crippen molar-refractivity contribution in [2.24, 2.45) is 0 Å². The maximum atomic E-state index is 12.2. The van der Waals surface area contributed by atoms with E-state index in [1.807, 2.05) is 6.07 Å². The summed E-state index contributed by atoms with van der Waals surface area (Å²) >= 11 is 0. The van der Waals surface area contributed by atoms with Crippen LogP contribution in [-0.4, -0.2) is 30.0 Å². The molecule has 2 aromatic rings. The monoisotopic (exact) mass is 304 g/mol. The molecule has 0 spiro atoms. The first-order valence-electron chi connectivity index (χ1n) is 7.21. The highest BCUT2D eigenvalue weighted by Gasteiger charge is 2.22. The molecule has 2 heterocycles. The Balaban J connectivity index is 2.03. The number of furan rings is 1. The van der Waals surface area contributed by atoms with Gasteiger partial charge in [-0.05, 0) is 38.5 Å². The van der Waals surface area contributed by atoms with E-state index >= 15 is 0 Å². The molecule has 0 aliphatic carbocycles. The zero-order chi connectivity index (χ0) is 16.1. The smallest absolute Gasteiger partial charge is 0.340 e. The number of carbonyl (C=O) groups is 2. The number of aromatic amines is 1. The molecule has 1 amide bonds. The number of esters is 1. The topological polar surface area (TPSA) is 84.3 Å². The fourth-order valence-corrected chi connectivity index (χ4v) is 2.33. The molecular weight excluding hydrogens is 284 g/mol. The number of H-pyrrole nitrogens is 1. The molecule has 0 saturated heterocycles. The molecule has 0 atom stereocenters. The summed E-state index contributed by atoms with van der Waals surface area (Å²) in [6, 6.07) is 3.66. The van der Waals surface area contributed by atoms with Crippen molar-refractivity contribution < 1.29 is 18.7 Å². The number of rotatable bonds is 6. The van der Waals surface area contributed by atoms with Crippen molar-refractivity contribution >= 4 is 11.9 Å². The Hall–Kier alpha value is -2.50. The average Bonchev–Trinajstić information content (AvgIpc) is 3.07. The van der Waals surface area contributed by atoms with Crippen LogP contribution in [0.3, 0.4) is 0 Å². The number of ether oxygens (including phenoxy) is 1. The van der Waals surface area contributed by atoms with Crippen LogP contribution in [0.5, 0.6) is 0 Å². The highest BCUT2D eigenvalue weighted by Crippen LogP contribution is 2.19. The van der Waals surface area contributed by atoms with E-state index in [2.05, 4.69) is 10.3 Å². The van der Waals surface area contributed by atoms with E-state index in [9.17, 15) is 9.59 Å². The summed E-state index contributed by atoms with van der Waals surface area (Å²) in [7, 11) is 0. The van der Waals surface area contributed by atoms with Crippen molar-refractivity contribution in [1.29, 1.82) is 0 Å². The third kappa shape index (κ3) is 3.39. The number of carbonyl (C=O) groups excluding carboxylic acids is 2. The average molecular weight is 304 g/mol. The van der Waals surface area contributed by atoms with Gasteiger partial charge in [-0.15, -0.1) is 0 Å². The lowest BCUT2D eigenvalue weighted by Gasteiger charge is -2.04. The Morgan fingerprint density at radius 1 is 1.36 bits per heavy atom. The molecule has 6 heteroatoms. The fraction of sp³-hybridized carbons (Fsp3) is 0.375. The van der Waals surface area contributed by atoms with Gasteiger partial charge in [0, 0.05) is 18.7 Å². The summed E-state index contributed by atoms with van der Waals surface area (Å²) in [4.78, 5) is 27.1. The van der Waals surface area contributed by atoms with E-state index in [-0.39, 0.29) is 5.91 Å². The molecule has 0 fully saturated rings. The van der Waals surface area contributed by atoms with Crippen LogP contribution in [0.15, 0.2) is 22.8 Å². The largest absolute Gasteiger partial charge is 0.469 e. The highest BCUT2D eigenvalue weighted by atomic mass is 16.5. The first-order chi connectivity index (χ1) is 10.5. The predicted molar refractivity (Wildman–Crippen MR) is 81.0 cm³/mol. The van der Waals surface area contributed by atoms with Gasteiger partial charge in [0.15, 0.2) is 0 Å². The Kier molecular flexibility index (Phi) is 5.04. The quantitative estimate of drug-likeness (QED) is 0.802. The molecule has 0 saturated carbocycles. The van der Waals surface area contributed by atoms with Gasteiger partial charge in [0.1, 0.15) is 11.5 Å². The summed E-state index contributed by atoms with van der Waals surface area (Å²) in [5, 5.41) is 2.81. The van der Waals surface area contributed by atoms with Crippen LogP contribution in [0, 0.1) is 13.8 Å².